The second kappa shape index (κ2) is 8.99. The van der Waals surface area contributed by atoms with Crippen LogP contribution in [0.25, 0.3) is 0 Å². The number of carboxylic acids is 1. The molecule has 1 atom stereocenters. The first-order valence-corrected chi connectivity index (χ1v) is 9.20. The summed E-state index contributed by atoms with van der Waals surface area (Å²) in [6, 6.07) is 10.6. The molecule has 0 heterocycles. The van der Waals surface area contributed by atoms with Crippen LogP contribution in [0, 0.1) is 5.92 Å². The zero-order chi connectivity index (χ0) is 18.4. The Morgan fingerprint density at radius 2 is 1.88 bits per heavy atom. The average Bonchev–Trinajstić information content (AvgIpc) is 2.54. The van der Waals surface area contributed by atoms with Crippen molar-refractivity contribution in [3.63, 3.8) is 0 Å². The van der Waals surface area contributed by atoms with Gasteiger partial charge >= 0.3 is 5.97 Å². The predicted molar refractivity (Wildman–Crippen MR) is 98.5 cm³/mol. The number of benzene rings is 1. The van der Waals surface area contributed by atoms with Crippen LogP contribution in [0.4, 0.5) is 0 Å². The molecule has 0 radical (unpaired) electrons. The number of rotatable bonds is 9. The smallest absolute Gasteiger partial charge is 0.317 e. The summed E-state index contributed by atoms with van der Waals surface area (Å²) < 4.78 is 0. The molecule has 0 aromatic heterocycles. The van der Waals surface area contributed by atoms with Gasteiger partial charge in [0, 0.05) is 18.5 Å². The van der Waals surface area contributed by atoms with Crippen LogP contribution in [-0.2, 0) is 9.59 Å². The van der Waals surface area contributed by atoms with Crippen LogP contribution in [-0.4, -0.2) is 47.1 Å². The number of nitrogens with one attached hydrogen (secondary N) is 1. The molecule has 1 aliphatic rings. The van der Waals surface area contributed by atoms with Crippen LogP contribution in [0.15, 0.2) is 30.3 Å². The number of likely N-dealkylation sites (N-methyl/N-ethyl adjacent to an activating group) is 1. The van der Waals surface area contributed by atoms with Crippen LogP contribution in [0.2, 0.25) is 0 Å². The molecule has 0 aliphatic heterocycles. The van der Waals surface area contributed by atoms with E-state index in [0.717, 1.165) is 19.4 Å². The minimum atomic E-state index is -0.794. The molecule has 2 rings (SSSR count). The summed E-state index contributed by atoms with van der Waals surface area (Å²) in [4.78, 5) is 25.3. The maximum absolute atomic E-state index is 12.4. The number of carbonyl (C=O) groups excluding carboxylic acids is 1. The Labute approximate surface area is 150 Å². The lowest BCUT2D eigenvalue weighted by atomic mass is 9.83. The minimum absolute atomic E-state index is 0.0747. The van der Waals surface area contributed by atoms with Crippen molar-refractivity contribution in [3.8, 4) is 0 Å². The van der Waals surface area contributed by atoms with E-state index in [2.05, 4.69) is 31.3 Å². The quantitative estimate of drug-likeness (QED) is 0.721. The Kier molecular flexibility index (Phi) is 7.00. The van der Waals surface area contributed by atoms with Gasteiger partial charge in [-0.25, -0.2) is 0 Å². The summed E-state index contributed by atoms with van der Waals surface area (Å²) >= 11 is 0. The highest BCUT2D eigenvalue weighted by molar-refractivity contribution is 5.77. The largest absolute Gasteiger partial charge is 0.480 e. The van der Waals surface area contributed by atoms with Crippen LogP contribution in [0.1, 0.15) is 51.5 Å². The van der Waals surface area contributed by atoms with E-state index >= 15 is 0 Å². The SMILES string of the molecule is CCN(CC(=O)O)C1CC(NC(=O)CC(c2ccccc2)C(C)C)C1. The normalized spacial score (nSPS) is 21.0. The molecule has 138 valence electrons. The number of amides is 1. The monoisotopic (exact) mass is 346 g/mol. The average molecular weight is 346 g/mol. The van der Waals surface area contributed by atoms with Crippen LogP contribution in [0.3, 0.4) is 0 Å². The van der Waals surface area contributed by atoms with Crippen molar-refractivity contribution in [2.45, 2.75) is 58.0 Å². The van der Waals surface area contributed by atoms with Crippen molar-refractivity contribution < 1.29 is 14.7 Å². The van der Waals surface area contributed by atoms with Gasteiger partial charge in [-0.3, -0.25) is 14.5 Å². The molecule has 1 amide bonds. The molecule has 0 bridgehead atoms. The Morgan fingerprint density at radius 3 is 2.40 bits per heavy atom. The molecule has 1 aromatic rings. The number of carboxylic acid groups (broad SMARTS) is 1. The number of nitrogens with zero attached hydrogens (tertiary/aromatic N) is 1. The maximum atomic E-state index is 12.4. The zero-order valence-corrected chi connectivity index (χ0v) is 15.4. The van der Waals surface area contributed by atoms with Gasteiger partial charge in [-0.2, -0.15) is 0 Å². The molecule has 5 heteroatoms. The van der Waals surface area contributed by atoms with Gasteiger partial charge < -0.3 is 10.4 Å². The molecule has 0 saturated heterocycles. The van der Waals surface area contributed by atoms with Crippen LogP contribution >= 0.6 is 0 Å². The second-order valence-electron chi connectivity index (χ2n) is 7.31. The van der Waals surface area contributed by atoms with E-state index in [-0.39, 0.29) is 30.5 Å². The maximum Gasteiger partial charge on any atom is 0.317 e. The molecule has 5 nitrogen and oxygen atoms in total. The Hall–Kier alpha value is -1.88. The van der Waals surface area contributed by atoms with E-state index < -0.39 is 5.97 Å². The van der Waals surface area contributed by atoms with Crippen molar-refractivity contribution in [3.05, 3.63) is 35.9 Å². The molecule has 1 unspecified atom stereocenters. The first-order chi connectivity index (χ1) is 11.9. The fourth-order valence-corrected chi connectivity index (χ4v) is 3.60. The Balaban J connectivity index is 1.82. The number of hydrogen-bond donors (Lipinski definition) is 2. The van der Waals surface area contributed by atoms with E-state index in [1.54, 1.807) is 0 Å². The fourth-order valence-electron chi connectivity index (χ4n) is 3.60. The Morgan fingerprint density at radius 1 is 1.24 bits per heavy atom. The summed E-state index contributed by atoms with van der Waals surface area (Å²) in [6.07, 6.45) is 2.17. The summed E-state index contributed by atoms with van der Waals surface area (Å²) in [7, 11) is 0. The van der Waals surface area contributed by atoms with Crippen LogP contribution in [0.5, 0.6) is 0 Å². The second-order valence-corrected chi connectivity index (χ2v) is 7.31. The van der Waals surface area contributed by atoms with Crippen molar-refractivity contribution in [2.24, 2.45) is 5.92 Å². The lowest BCUT2D eigenvalue weighted by Crippen LogP contribution is -2.54. The van der Waals surface area contributed by atoms with Crippen molar-refractivity contribution in [2.75, 3.05) is 13.1 Å². The molecular weight excluding hydrogens is 316 g/mol. The van der Waals surface area contributed by atoms with Gasteiger partial charge in [0.2, 0.25) is 5.91 Å². The third kappa shape index (κ3) is 5.56. The van der Waals surface area contributed by atoms with Gasteiger partial charge in [0.25, 0.3) is 0 Å². The molecule has 1 saturated carbocycles. The highest BCUT2D eigenvalue weighted by Crippen LogP contribution is 2.29. The molecule has 0 spiro atoms. The van der Waals surface area contributed by atoms with Gasteiger partial charge in [0.15, 0.2) is 0 Å². The number of hydrogen-bond acceptors (Lipinski definition) is 3. The lowest BCUT2D eigenvalue weighted by molar-refractivity contribution is -0.139. The fraction of sp³-hybridized carbons (Fsp3) is 0.600. The molecule has 2 N–H and O–H groups in total. The highest BCUT2D eigenvalue weighted by Gasteiger charge is 2.35. The van der Waals surface area contributed by atoms with Crippen molar-refractivity contribution in [1.82, 2.24) is 10.2 Å². The predicted octanol–water partition coefficient (Wildman–Crippen LogP) is 2.87. The minimum Gasteiger partial charge on any atom is -0.480 e. The van der Waals surface area contributed by atoms with Gasteiger partial charge in [-0.1, -0.05) is 51.1 Å². The van der Waals surface area contributed by atoms with Gasteiger partial charge in [0.1, 0.15) is 0 Å². The third-order valence-electron chi connectivity index (χ3n) is 5.18. The molecule has 1 aromatic carbocycles. The first-order valence-electron chi connectivity index (χ1n) is 9.20. The van der Waals surface area contributed by atoms with E-state index in [4.69, 9.17) is 5.11 Å². The van der Waals surface area contributed by atoms with E-state index in [1.807, 2.05) is 30.0 Å². The molecule has 25 heavy (non-hydrogen) atoms. The van der Waals surface area contributed by atoms with Crippen molar-refractivity contribution >= 4 is 11.9 Å². The van der Waals surface area contributed by atoms with Gasteiger partial charge in [-0.05, 0) is 36.8 Å². The summed E-state index contributed by atoms with van der Waals surface area (Å²) in [5, 5.41) is 12.1. The topological polar surface area (TPSA) is 69.6 Å². The van der Waals surface area contributed by atoms with Crippen molar-refractivity contribution in [1.29, 1.82) is 0 Å². The third-order valence-corrected chi connectivity index (χ3v) is 5.18. The van der Waals surface area contributed by atoms with Gasteiger partial charge in [0.05, 0.1) is 6.54 Å². The van der Waals surface area contributed by atoms with E-state index in [9.17, 15) is 9.59 Å². The number of aliphatic carboxylic acids is 1. The number of carbonyl (C=O) groups is 2. The van der Waals surface area contributed by atoms with Crippen LogP contribution < -0.4 is 5.32 Å². The zero-order valence-electron chi connectivity index (χ0n) is 15.4. The molecule has 1 aliphatic carbocycles. The van der Waals surface area contributed by atoms with E-state index in [0.29, 0.717) is 12.3 Å². The molecule has 1 fully saturated rings. The van der Waals surface area contributed by atoms with E-state index in [1.165, 1.54) is 5.56 Å². The summed E-state index contributed by atoms with van der Waals surface area (Å²) in [5.41, 5.74) is 1.21. The van der Waals surface area contributed by atoms with Gasteiger partial charge in [-0.15, -0.1) is 0 Å². The summed E-state index contributed by atoms with van der Waals surface area (Å²) in [6.45, 7) is 7.07. The highest BCUT2D eigenvalue weighted by atomic mass is 16.4. The first kappa shape index (κ1) is 19.4. The summed E-state index contributed by atoms with van der Waals surface area (Å²) in [5.74, 6) is -0.0890. The Bertz CT molecular complexity index is 568. The standard InChI is InChI=1S/C20H30N2O3/c1-4-22(13-20(24)25)17-10-16(11-17)21-19(23)12-18(14(2)3)15-8-6-5-7-9-15/h5-9,14,16-18H,4,10-13H2,1-3H3,(H,21,23)(H,24,25). The lowest BCUT2D eigenvalue weighted by Gasteiger charge is -2.42. The molecular formula is C20H30N2O3.